The van der Waals surface area contributed by atoms with E-state index < -0.39 is 0 Å². The van der Waals surface area contributed by atoms with E-state index in [4.69, 9.17) is 16.2 Å². The van der Waals surface area contributed by atoms with Crippen molar-refractivity contribution in [3.8, 4) is 5.75 Å². The van der Waals surface area contributed by atoms with Crippen LogP contribution in [0.25, 0.3) is 0 Å². The van der Waals surface area contributed by atoms with E-state index in [2.05, 4.69) is 0 Å². The first kappa shape index (κ1) is 16.9. The Morgan fingerprint density at radius 1 is 1.00 bits per heavy atom. The van der Waals surface area contributed by atoms with Crippen LogP contribution >= 0.6 is 0 Å². The Hall–Kier alpha value is -1.06. The molecule has 0 unspecified atom stereocenters. The Labute approximate surface area is 112 Å². The minimum atomic E-state index is 0.563. The van der Waals surface area contributed by atoms with Crippen molar-refractivity contribution in [2.24, 2.45) is 11.5 Å². The van der Waals surface area contributed by atoms with E-state index in [9.17, 15) is 0 Å². The molecule has 0 aliphatic heterocycles. The highest BCUT2D eigenvalue weighted by Crippen LogP contribution is 2.13. The van der Waals surface area contributed by atoms with E-state index in [0.29, 0.717) is 6.54 Å². The van der Waals surface area contributed by atoms with Crippen molar-refractivity contribution in [3.05, 3.63) is 29.8 Å². The van der Waals surface area contributed by atoms with E-state index in [1.165, 1.54) is 12.8 Å². The molecule has 1 rings (SSSR count). The maximum Gasteiger partial charge on any atom is 0.119 e. The van der Waals surface area contributed by atoms with Crippen LogP contribution < -0.4 is 16.2 Å². The normalized spacial score (nSPS) is 9.56. The molecule has 0 bridgehead atoms. The molecule has 0 heterocycles. The number of nitrogens with two attached hydrogens (primary N) is 2. The number of rotatable bonds is 8. The van der Waals surface area contributed by atoms with Gasteiger partial charge in [-0.2, -0.15) is 0 Å². The zero-order valence-electron chi connectivity index (χ0n) is 11.8. The third-order valence-corrected chi connectivity index (χ3v) is 2.50. The van der Waals surface area contributed by atoms with Crippen LogP contribution in [0.4, 0.5) is 0 Å². The zero-order chi connectivity index (χ0) is 13.6. The molecule has 0 aromatic heterocycles. The SMILES string of the molecule is CC.NCCCCCCOc1cccc(CN)c1. The van der Waals surface area contributed by atoms with Crippen molar-refractivity contribution < 1.29 is 4.74 Å². The first-order valence-electron chi connectivity index (χ1n) is 6.98. The molecule has 0 radical (unpaired) electrons. The lowest BCUT2D eigenvalue weighted by molar-refractivity contribution is 0.304. The van der Waals surface area contributed by atoms with Crippen LogP contribution in [0.15, 0.2) is 24.3 Å². The second kappa shape index (κ2) is 12.4. The predicted molar refractivity (Wildman–Crippen MR) is 78.7 cm³/mol. The summed E-state index contributed by atoms with van der Waals surface area (Å²) in [6, 6.07) is 7.96. The molecule has 0 atom stereocenters. The number of ether oxygens (including phenoxy) is 1. The molecule has 18 heavy (non-hydrogen) atoms. The number of hydrogen-bond acceptors (Lipinski definition) is 3. The second-order valence-corrected chi connectivity index (χ2v) is 3.90. The predicted octanol–water partition coefficient (Wildman–Crippen LogP) is 3.07. The minimum absolute atomic E-state index is 0.563. The first-order chi connectivity index (χ1) is 8.86. The molecule has 4 N–H and O–H groups in total. The topological polar surface area (TPSA) is 61.3 Å². The first-order valence-corrected chi connectivity index (χ1v) is 6.98. The smallest absolute Gasteiger partial charge is 0.119 e. The molecule has 1 aromatic rings. The van der Waals surface area contributed by atoms with Crippen molar-refractivity contribution in [2.75, 3.05) is 13.2 Å². The Balaban J connectivity index is 0.00000137. The molecule has 1 aromatic carbocycles. The van der Waals surface area contributed by atoms with Crippen molar-refractivity contribution in [1.29, 1.82) is 0 Å². The summed E-state index contributed by atoms with van der Waals surface area (Å²) in [5, 5.41) is 0. The molecule has 0 amide bonds. The fourth-order valence-electron chi connectivity index (χ4n) is 1.55. The molecule has 3 nitrogen and oxygen atoms in total. The number of benzene rings is 1. The van der Waals surface area contributed by atoms with Crippen LogP contribution in [-0.4, -0.2) is 13.2 Å². The average Bonchev–Trinajstić information content (AvgIpc) is 2.45. The molecule has 0 saturated heterocycles. The van der Waals surface area contributed by atoms with Gasteiger partial charge in [-0.3, -0.25) is 0 Å². The summed E-state index contributed by atoms with van der Waals surface area (Å²) in [6.45, 7) is 6.13. The van der Waals surface area contributed by atoms with Gasteiger partial charge in [-0.15, -0.1) is 0 Å². The lowest BCUT2D eigenvalue weighted by atomic mass is 10.2. The maximum atomic E-state index is 5.64. The summed E-state index contributed by atoms with van der Waals surface area (Å²) in [6.07, 6.45) is 4.59. The number of unbranched alkanes of at least 4 members (excludes halogenated alkanes) is 3. The van der Waals surface area contributed by atoms with Crippen LogP contribution in [-0.2, 0) is 6.54 Å². The van der Waals surface area contributed by atoms with Gasteiger partial charge < -0.3 is 16.2 Å². The van der Waals surface area contributed by atoms with Gasteiger partial charge in [0.1, 0.15) is 5.75 Å². The fourth-order valence-corrected chi connectivity index (χ4v) is 1.55. The van der Waals surface area contributed by atoms with E-state index in [0.717, 1.165) is 37.3 Å². The van der Waals surface area contributed by atoms with Gasteiger partial charge >= 0.3 is 0 Å². The molecule has 104 valence electrons. The highest BCUT2D eigenvalue weighted by Gasteiger charge is 1.95. The summed E-state index contributed by atoms with van der Waals surface area (Å²) >= 11 is 0. The van der Waals surface area contributed by atoms with Gasteiger partial charge in [0.05, 0.1) is 6.61 Å². The molecule has 0 aliphatic carbocycles. The fraction of sp³-hybridized carbons (Fsp3) is 0.600. The van der Waals surface area contributed by atoms with Gasteiger partial charge in [-0.25, -0.2) is 0 Å². The van der Waals surface area contributed by atoms with Gasteiger partial charge in [0.2, 0.25) is 0 Å². The molecular formula is C15H28N2O. The van der Waals surface area contributed by atoms with E-state index in [-0.39, 0.29) is 0 Å². The highest BCUT2D eigenvalue weighted by atomic mass is 16.5. The van der Waals surface area contributed by atoms with Gasteiger partial charge in [0.15, 0.2) is 0 Å². The van der Waals surface area contributed by atoms with E-state index in [1.54, 1.807) is 0 Å². The lowest BCUT2D eigenvalue weighted by Crippen LogP contribution is -2.01. The lowest BCUT2D eigenvalue weighted by Gasteiger charge is -2.07. The Morgan fingerprint density at radius 3 is 2.39 bits per heavy atom. The van der Waals surface area contributed by atoms with Crippen LogP contribution in [0, 0.1) is 0 Å². The zero-order valence-corrected chi connectivity index (χ0v) is 11.8. The van der Waals surface area contributed by atoms with Gasteiger partial charge in [-0.1, -0.05) is 38.8 Å². The number of hydrogen-bond donors (Lipinski definition) is 2. The van der Waals surface area contributed by atoms with Crippen molar-refractivity contribution >= 4 is 0 Å². The molecule has 0 saturated carbocycles. The third-order valence-electron chi connectivity index (χ3n) is 2.50. The second-order valence-electron chi connectivity index (χ2n) is 3.90. The Kier molecular flexibility index (Phi) is 11.7. The monoisotopic (exact) mass is 252 g/mol. The van der Waals surface area contributed by atoms with Gasteiger partial charge in [0.25, 0.3) is 0 Å². The highest BCUT2D eigenvalue weighted by molar-refractivity contribution is 5.28. The molecule has 0 spiro atoms. The summed E-state index contributed by atoms with van der Waals surface area (Å²) in [5.41, 5.74) is 12.1. The van der Waals surface area contributed by atoms with Crippen molar-refractivity contribution in [1.82, 2.24) is 0 Å². The van der Waals surface area contributed by atoms with Crippen LogP contribution in [0.1, 0.15) is 45.1 Å². The van der Waals surface area contributed by atoms with E-state index in [1.807, 2.05) is 38.1 Å². The van der Waals surface area contributed by atoms with E-state index >= 15 is 0 Å². The summed E-state index contributed by atoms with van der Waals surface area (Å²) in [4.78, 5) is 0. The average molecular weight is 252 g/mol. The quantitative estimate of drug-likeness (QED) is 0.699. The summed E-state index contributed by atoms with van der Waals surface area (Å²) < 4.78 is 5.64. The molecule has 0 fully saturated rings. The summed E-state index contributed by atoms with van der Waals surface area (Å²) in [5.74, 6) is 0.918. The van der Waals surface area contributed by atoms with Crippen LogP contribution in [0.5, 0.6) is 5.75 Å². The molecular weight excluding hydrogens is 224 g/mol. The largest absolute Gasteiger partial charge is 0.494 e. The summed E-state index contributed by atoms with van der Waals surface area (Å²) in [7, 11) is 0. The van der Waals surface area contributed by atoms with Gasteiger partial charge in [-0.05, 0) is 37.1 Å². The Morgan fingerprint density at radius 2 is 1.72 bits per heavy atom. The van der Waals surface area contributed by atoms with Crippen molar-refractivity contribution in [2.45, 2.75) is 46.1 Å². The van der Waals surface area contributed by atoms with Crippen LogP contribution in [0.3, 0.4) is 0 Å². The standard InChI is InChI=1S/C13H22N2O.C2H6/c14-8-3-1-2-4-9-16-13-7-5-6-12(10-13)11-15;1-2/h5-7,10H,1-4,8-9,11,14-15H2;1-2H3. The van der Waals surface area contributed by atoms with Crippen molar-refractivity contribution in [3.63, 3.8) is 0 Å². The Bertz CT molecular complexity index is 290. The third kappa shape index (κ3) is 8.09. The maximum absolute atomic E-state index is 5.64. The molecule has 0 aliphatic rings. The minimum Gasteiger partial charge on any atom is -0.494 e. The molecule has 3 heteroatoms. The van der Waals surface area contributed by atoms with Crippen LogP contribution in [0.2, 0.25) is 0 Å². The van der Waals surface area contributed by atoms with Gasteiger partial charge in [0, 0.05) is 6.54 Å².